The molecule has 0 saturated carbocycles. The van der Waals surface area contributed by atoms with E-state index < -0.39 is 0 Å². The molecule has 0 spiro atoms. The Labute approximate surface area is 79.0 Å². The molecule has 46 valence electrons. The Hall–Kier alpha value is 0.660. The van der Waals surface area contributed by atoms with E-state index in [1.165, 1.54) is 0 Å². The smallest absolute Gasteiger partial charge is 0.0472 e. The predicted molar refractivity (Wildman–Crippen MR) is 47.2 cm³/mol. The van der Waals surface area contributed by atoms with E-state index in [0.717, 1.165) is 13.4 Å². The second-order valence-corrected chi connectivity index (χ2v) is 3.75. The Bertz CT molecular complexity index is 199. The van der Waals surface area contributed by atoms with Gasteiger partial charge in [0.1, 0.15) is 0 Å². The van der Waals surface area contributed by atoms with Crippen molar-refractivity contribution in [3.05, 3.63) is 31.6 Å². The van der Waals surface area contributed by atoms with Crippen molar-refractivity contribution in [2.45, 2.75) is 0 Å². The summed E-state index contributed by atoms with van der Waals surface area (Å²) in [5, 5.41) is 0. The Balaban J connectivity index is 3.25. The summed E-state index contributed by atoms with van der Waals surface area (Å²) in [7, 11) is 0. The first kappa shape index (κ1) is 7.76. The number of hydrogen-bond donors (Lipinski definition) is 0. The van der Waals surface area contributed by atoms with Gasteiger partial charge in [-0.2, -0.15) is 0 Å². The predicted octanol–water partition coefficient (Wildman–Crippen LogP) is 3.57. The topological polar surface area (TPSA) is 0 Å². The number of rotatable bonds is 0. The van der Waals surface area contributed by atoms with Crippen molar-refractivity contribution in [2.24, 2.45) is 0 Å². The summed E-state index contributed by atoms with van der Waals surface area (Å²) >= 11 is 9.91. The van der Waals surface area contributed by atoms with Crippen LogP contribution in [0.15, 0.2) is 19.5 Å². The van der Waals surface area contributed by atoms with Crippen LogP contribution in [-0.4, -0.2) is 0 Å². The first-order chi connectivity index (χ1) is 4.22. The highest BCUT2D eigenvalue weighted by atomic mass is 79.9. The lowest BCUT2D eigenvalue weighted by molar-refractivity contribution is 1.51. The summed E-state index contributed by atoms with van der Waals surface area (Å²) in [5.41, 5.74) is 0. The first-order valence-electron chi connectivity index (χ1n) is 2.14. The molecule has 0 N–H and O–H groups in total. The molecule has 0 heterocycles. The second kappa shape index (κ2) is 3.17. The number of benzene rings is 1. The zero-order valence-electron chi connectivity index (χ0n) is 4.21. The van der Waals surface area contributed by atoms with Crippen molar-refractivity contribution in [3.8, 4) is 0 Å². The van der Waals surface area contributed by atoms with Gasteiger partial charge in [0.15, 0.2) is 0 Å². The van der Waals surface area contributed by atoms with E-state index in [9.17, 15) is 0 Å². The van der Waals surface area contributed by atoms with Gasteiger partial charge in [0.05, 0.1) is 0 Å². The average Bonchev–Trinajstić information content (AvgIpc) is 1.83. The highest BCUT2D eigenvalue weighted by Crippen LogP contribution is 2.29. The maximum absolute atomic E-state index is 3.32. The summed E-state index contributed by atoms with van der Waals surface area (Å²) in [4.78, 5) is 0. The molecule has 0 fully saturated rings. The Morgan fingerprint density at radius 3 is 1.78 bits per heavy atom. The standard InChI is InChI=1S/C6HBr3/c7-4-2-1-3-5(8)6(4)9/h1H. The Morgan fingerprint density at radius 2 is 1.44 bits per heavy atom. The van der Waals surface area contributed by atoms with Gasteiger partial charge in [-0.05, 0) is 66.0 Å². The molecular formula is C6HBr3. The van der Waals surface area contributed by atoms with Gasteiger partial charge >= 0.3 is 0 Å². The van der Waals surface area contributed by atoms with Crippen LogP contribution in [-0.2, 0) is 0 Å². The maximum atomic E-state index is 3.32. The molecule has 0 nitrogen and oxygen atoms in total. The molecule has 0 aliphatic carbocycles. The van der Waals surface area contributed by atoms with Crippen LogP contribution in [0.2, 0.25) is 0 Å². The van der Waals surface area contributed by atoms with Gasteiger partial charge in [0.2, 0.25) is 0 Å². The summed E-state index contributed by atoms with van der Waals surface area (Å²) in [6.07, 6.45) is 0. The number of halogens is 3. The molecule has 3 heteroatoms. The normalized spacial score (nSPS) is 9.67. The van der Waals surface area contributed by atoms with E-state index in [1.807, 2.05) is 0 Å². The van der Waals surface area contributed by atoms with Gasteiger partial charge < -0.3 is 0 Å². The van der Waals surface area contributed by atoms with E-state index in [-0.39, 0.29) is 0 Å². The minimum atomic E-state index is 0.910. The van der Waals surface area contributed by atoms with Gasteiger partial charge in [-0.25, -0.2) is 0 Å². The van der Waals surface area contributed by atoms with Crippen molar-refractivity contribution < 1.29 is 0 Å². The molecule has 0 aliphatic heterocycles. The van der Waals surface area contributed by atoms with Gasteiger partial charge in [-0.3, -0.25) is 0 Å². The average molecular weight is 313 g/mol. The molecule has 2 radical (unpaired) electrons. The molecule has 0 saturated heterocycles. The molecule has 0 aromatic heterocycles. The fraction of sp³-hybridized carbons (Fsp3) is 0. The molecule has 1 rings (SSSR count). The molecule has 0 unspecified atom stereocenters. The van der Waals surface area contributed by atoms with E-state index in [4.69, 9.17) is 0 Å². The van der Waals surface area contributed by atoms with Crippen molar-refractivity contribution in [3.63, 3.8) is 0 Å². The van der Waals surface area contributed by atoms with Crippen molar-refractivity contribution in [1.29, 1.82) is 0 Å². The molecular weight excluding hydrogens is 312 g/mol. The highest BCUT2D eigenvalue weighted by molar-refractivity contribution is 9.14. The van der Waals surface area contributed by atoms with E-state index in [2.05, 4.69) is 59.9 Å². The largest absolute Gasteiger partial charge is 0.0489 e. The molecule has 1 aromatic rings. The van der Waals surface area contributed by atoms with E-state index >= 15 is 0 Å². The second-order valence-electron chi connectivity index (χ2n) is 1.37. The minimum absolute atomic E-state index is 0.910. The molecule has 1 aromatic carbocycles. The van der Waals surface area contributed by atoms with Gasteiger partial charge in [-0.1, -0.05) is 0 Å². The minimum Gasteiger partial charge on any atom is -0.0489 e. The third kappa shape index (κ3) is 1.79. The highest BCUT2D eigenvalue weighted by Gasteiger charge is 1.98. The molecule has 9 heavy (non-hydrogen) atoms. The van der Waals surface area contributed by atoms with Gasteiger partial charge in [-0.15, -0.1) is 0 Å². The quantitative estimate of drug-likeness (QED) is 0.642. The Morgan fingerprint density at radius 1 is 1.00 bits per heavy atom. The van der Waals surface area contributed by atoms with Crippen molar-refractivity contribution >= 4 is 47.8 Å². The van der Waals surface area contributed by atoms with Crippen LogP contribution in [0, 0.1) is 12.1 Å². The summed E-state index contributed by atoms with van der Waals surface area (Å²) in [6, 6.07) is 7.57. The zero-order valence-corrected chi connectivity index (χ0v) is 8.97. The van der Waals surface area contributed by atoms with Crippen LogP contribution in [0.5, 0.6) is 0 Å². The monoisotopic (exact) mass is 310 g/mol. The fourth-order valence-electron chi connectivity index (χ4n) is 0.386. The molecule has 0 atom stereocenters. The van der Waals surface area contributed by atoms with Crippen molar-refractivity contribution in [2.75, 3.05) is 0 Å². The SMILES string of the molecule is Brc1[c]c[c]c(Br)c1Br. The zero-order chi connectivity index (χ0) is 6.85. The van der Waals surface area contributed by atoms with Crippen LogP contribution in [0.1, 0.15) is 0 Å². The molecule has 0 amide bonds. The van der Waals surface area contributed by atoms with Gasteiger partial charge in [0, 0.05) is 13.4 Å². The van der Waals surface area contributed by atoms with Crippen molar-refractivity contribution in [1.82, 2.24) is 0 Å². The fourth-order valence-corrected chi connectivity index (χ4v) is 1.51. The van der Waals surface area contributed by atoms with Crippen LogP contribution in [0.4, 0.5) is 0 Å². The van der Waals surface area contributed by atoms with E-state index in [1.54, 1.807) is 6.07 Å². The lowest BCUT2D eigenvalue weighted by atomic mass is 10.4. The Kier molecular flexibility index (Phi) is 2.73. The maximum Gasteiger partial charge on any atom is 0.0472 e. The van der Waals surface area contributed by atoms with Crippen LogP contribution in [0.3, 0.4) is 0 Å². The van der Waals surface area contributed by atoms with Gasteiger partial charge in [0.25, 0.3) is 0 Å². The van der Waals surface area contributed by atoms with Crippen LogP contribution in [0.25, 0.3) is 0 Å². The number of hydrogen-bond acceptors (Lipinski definition) is 0. The first-order valence-corrected chi connectivity index (χ1v) is 4.52. The lowest BCUT2D eigenvalue weighted by Gasteiger charge is -1.94. The summed E-state index contributed by atoms with van der Waals surface area (Å²) in [6.45, 7) is 0. The summed E-state index contributed by atoms with van der Waals surface area (Å²) in [5.74, 6) is 0. The van der Waals surface area contributed by atoms with E-state index in [0.29, 0.717) is 0 Å². The van der Waals surface area contributed by atoms with Crippen LogP contribution < -0.4 is 0 Å². The summed E-state index contributed by atoms with van der Waals surface area (Å²) < 4.78 is 2.77. The third-order valence-electron chi connectivity index (χ3n) is 0.783. The lowest BCUT2D eigenvalue weighted by Crippen LogP contribution is -1.70. The molecule has 0 bridgehead atoms. The molecule has 0 aliphatic rings. The third-order valence-corrected chi connectivity index (χ3v) is 3.89. The van der Waals surface area contributed by atoms with Crippen LogP contribution >= 0.6 is 47.8 Å².